The molecule has 160 valence electrons. The second-order valence-electron chi connectivity index (χ2n) is 7.13. The van der Waals surface area contributed by atoms with Gasteiger partial charge in [0.1, 0.15) is 5.75 Å². The molecule has 1 aliphatic rings. The van der Waals surface area contributed by atoms with E-state index in [-0.39, 0.29) is 23.7 Å². The van der Waals surface area contributed by atoms with Crippen LogP contribution >= 0.6 is 11.8 Å². The first kappa shape index (κ1) is 21.4. The lowest BCUT2D eigenvalue weighted by molar-refractivity contribution is -0.118. The number of anilines is 2. The Hall–Kier alpha value is -3.84. The first-order valence-corrected chi connectivity index (χ1v) is 10.7. The van der Waals surface area contributed by atoms with E-state index in [9.17, 15) is 14.4 Å². The lowest BCUT2D eigenvalue weighted by Gasteiger charge is -2.11. The molecule has 4 rings (SSSR count). The second-order valence-corrected chi connectivity index (χ2v) is 8.12. The van der Waals surface area contributed by atoms with Gasteiger partial charge in [-0.1, -0.05) is 42.5 Å². The number of aryl methyl sites for hydroxylation is 1. The Morgan fingerprint density at radius 3 is 2.47 bits per heavy atom. The lowest BCUT2D eigenvalue weighted by Crippen LogP contribution is -2.27. The van der Waals surface area contributed by atoms with Gasteiger partial charge in [0, 0.05) is 5.69 Å². The summed E-state index contributed by atoms with van der Waals surface area (Å²) >= 11 is 0.906. The summed E-state index contributed by atoms with van der Waals surface area (Å²) < 4.78 is 5.54. The van der Waals surface area contributed by atoms with Crippen LogP contribution in [0.1, 0.15) is 11.1 Å². The number of nitrogens with one attached hydrogen (secondary N) is 1. The Morgan fingerprint density at radius 1 is 1.00 bits per heavy atom. The summed E-state index contributed by atoms with van der Waals surface area (Å²) in [5.41, 5.74) is 3.07. The van der Waals surface area contributed by atoms with Gasteiger partial charge in [-0.15, -0.1) is 0 Å². The van der Waals surface area contributed by atoms with E-state index < -0.39 is 0 Å². The van der Waals surface area contributed by atoms with Crippen molar-refractivity contribution in [2.24, 2.45) is 0 Å². The van der Waals surface area contributed by atoms with Gasteiger partial charge in [-0.3, -0.25) is 14.4 Å². The number of benzene rings is 3. The monoisotopic (exact) mass is 444 g/mol. The highest BCUT2D eigenvalue weighted by atomic mass is 32.2. The molecule has 3 aromatic carbocycles. The summed E-state index contributed by atoms with van der Waals surface area (Å²) in [7, 11) is 0. The predicted molar refractivity (Wildman–Crippen MR) is 127 cm³/mol. The quantitative estimate of drug-likeness (QED) is 0.526. The highest BCUT2D eigenvalue weighted by molar-refractivity contribution is 8.19. The van der Waals surface area contributed by atoms with Crippen molar-refractivity contribution < 1.29 is 19.1 Å². The number of hydrogen-bond donors (Lipinski definition) is 1. The standard InChI is InChI=1S/C25H20N2O4S/c1-17-6-5-7-19(14-17)26-23(28)16-31-21-12-10-18(11-13-21)15-22-24(29)27(25(30)32-22)20-8-3-2-4-9-20/h2-15H,16H2,1H3,(H,26,28)/b22-15-. The van der Waals surface area contributed by atoms with Crippen LogP contribution in [0.4, 0.5) is 16.2 Å². The zero-order chi connectivity index (χ0) is 22.5. The van der Waals surface area contributed by atoms with Gasteiger partial charge in [0.05, 0.1) is 10.6 Å². The van der Waals surface area contributed by atoms with Crippen LogP contribution in [0.3, 0.4) is 0 Å². The average molecular weight is 445 g/mol. The van der Waals surface area contributed by atoms with Crippen molar-refractivity contribution in [2.75, 3.05) is 16.8 Å². The van der Waals surface area contributed by atoms with Gasteiger partial charge in [-0.25, -0.2) is 4.90 Å². The van der Waals surface area contributed by atoms with E-state index in [2.05, 4.69) is 5.32 Å². The number of carbonyl (C=O) groups is 3. The normalized spacial score (nSPS) is 14.7. The van der Waals surface area contributed by atoms with Gasteiger partial charge in [0.25, 0.3) is 17.1 Å². The molecule has 0 aromatic heterocycles. The number of amides is 3. The Morgan fingerprint density at radius 2 is 1.75 bits per heavy atom. The summed E-state index contributed by atoms with van der Waals surface area (Å²) in [6.45, 7) is 1.83. The molecule has 0 bridgehead atoms. The first-order chi connectivity index (χ1) is 15.5. The molecule has 1 fully saturated rings. The molecule has 0 radical (unpaired) electrons. The maximum absolute atomic E-state index is 12.7. The minimum Gasteiger partial charge on any atom is -0.484 e. The molecule has 6 nitrogen and oxygen atoms in total. The summed E-state index contributed by atoms with van der Waals surface area (Å²) in [5, 5.41) is 2.46. The van der Waals surface area contributed by atoms with Gasteiger partial charge in [0.2, 0.25) is 0 Å². The zero-order valence-electron chi connectivity index (χ0n) is 17.3. The number of imide groups is 1. The highest BCUT2D eigenvalue weighted by Crippen LogP contribution is 2.35. The third kappa shape index (κ3) is 5.07. The van der Waals surface area contributed by atoms with Crippen LogP contribution < -0.4 is 15.0 Å². The number of thioether (sulfide) groups is 1. The van der Waals surface area contributed by atoms with Crippen LogP contribution in [0, 0.1) is 6.92 Å². The second kappa shape index (κ2) is 9.53. The fourth-order valence-electron chi connectivity index (χ4n) is 3.15. The van der Waals surface area contributed by atoms with Crippen LogP contribution in [-0.2, 0) is 9.59 Å². The van der Waals surface area contributed by atoms with Gasteiger partial charge >= 0.3 is 0 Å². The number of nitrogens with zero attached hydrogens (tertiary/aromatic N) is 1. The van der Waals surface area contributed by atoms with Crippen molar-refractivity contribution in [3.63, 3.8) is 0 Å². The summed E-state index contributed by atoms with van der Waals surface area (Å²) in [6.07, 6.45) is 1.67. The van der Waals surface area contributed by atoms with Crippen LogP contribution in [0.5, 0.6) is 5.75 Å². The lowest BCUT2D eigenvalue weighted by atomic mass is 10.2. The van der Waals surface area contributed by atoms with Crippen molar-refractivity contribution in [1.82, 2.24) is 0 Å². The molecule has 1 heterocycles. The topological polar surface area (TPSA) is 75.7 Å². The van der Waals surface area contributed by atoms with E-state index in [4.69, 9.17) is 4.74 Å². The maximum atomic E-state index is 12.7. The third-order valence-electron chi connectivity index (χ3n) is 4.66. The number of carbonyl (C=O) groups excluding carboxylic acids is 3. The third-order valence-corrected chi connectivity index (χ3v) is 5.53. The molecule has 0 spiro atoms. The van der Waals surface area contributed by atoms with Crippen molar-refractivity contribution in [1.29, 1.82) is 0 Å². The molecular formula is C25H20N2O4S. The summed E-state index contributed by atoms with van der Waals surface area (Å²) in [6, 6.07) is 23.3. The molecule has 0 atom stereocenters. The largest absolute Gasteiger partial charge is 0.484 e. The molecule has 1 N–H and O–H groups in total. The number of rotatable bonds is 6. The minimum atomic E-state index is -0.348. The molecular weight excluding hydrogens is 424 g/mol. The van der Waals surface area contributed by atoms with Gasteiger partial charge in [-0.2, -0.15) is 0 Å². The van der Waals surface area contributed by atoms with Crippen molar-refractivity contribution >= 4 is 46.3 Å². The molecule has 1 saturated heterocycles. The molecule has 0 aliphatic carbocycles. The number of para-hydroxylation sites is 1. The van der Waals surface area contributed by atoms with E-state index in [1.807, 2.05) is 37.3 Å². The molecule has 0 saturated carbocycles. The van der Waals surface area contributed by atoms with E-state index >= 15 is 0 Å². The van der Waals surface area contributed by atoms with Crippen molar-refractivity contribution in [2.45, 2.75) is 6.92 Å². The molecule has 0 unspecified atom stereocenters. The Labute approximate surface area is 189 Å². The first-order valence-electron chi connectivity index (χ1n) is 9.92. The Balaban J connectivity index is 1.36. The fourth-order valence-corrected chi connectivity index (χ4v) is 3.99. The van der Waals surface area contributed by atoms with Crippen LogP contribution in [0.2, 0.25) is 0 Å². The Bertz CT molecular complexity index is 1190. The highest BCUT2D eigenvalue weighted by Gasteiger charge is 2.36. The van der Waals surface area contributed by atoms with Crippen LogP contribution in [0.25, 0.3) is 6.08 Å². The SMILES string of the molecule is Cc1cccc(NC(=O)COc2ccc(/C=C3\SC(=O)N(c4ccccc4)C3=O)cc2)c1. The Kier molecular flexibility index (Phi) is 6.37. The summed E-state index contributed by atoms with van der Waals surface area (Å²) in [4.78, 5) is 38.6. The van der Waals surface area contributed by atoms with E-state index in [1.165, 1.54) is 4.90 Å². The molecule has 32 heavy (non-hydrogen) atoms. The molecule has 3 amide bonds. The van der Waals surface area contributed by atoms with Crippen molar-refractivity contribution in [3.05, 3.63) is 94.9 Å². The fraction of sp³-hybridized carbons (Fsp3) is 0.0800. The molecule has 3 aromatic rings. The predicted octanol–water partition coefficient (Wildman–Crippen LogP) is 5.25. The van der Waals surface area contributed by atoms with E-state index in [0.29, 0.717) is 16.3 Å². The van der Waals surface area contributed by atoms with Gasteiger partial charge in [-0.05, 0) is 72.3 Å². The molecule has 1 aliphatic heterocycles. The van der Waals surface area contributed by atoms with E-state index in [1.54, 1.807) is 54.6 Å². The minimum absolute atomic E-state index is 0.122. The zero-order valence-corrected chi connectivity index (χ0v) is 18.1. The van der Waals surface area contributed by atoms with Crippen LogP contribution in [-0.4, -0.2) is 23.7 Å². The van der Waals surface area contributed by atoms with Crippen molar-refractivity contribution in [3.8, 4) is 5.75 Å². The van der Waals surface area contributed by atoms with Crippen LogP contribution in [0.15, 0.2) is 83.8 Å². The van der Waals surface area contributed by atoms with E-state index in [0.717, 1.165) is 28.6 Å². The van der Waals surface area contributed by atoms with Gasteiger partial charge < -0.3 is 10.1 Å². The summed E-state index contributed by atoms with van der Waals surface area (Å²) in [5.74, 6) is -0.0764. The van der Waals surface area contributed by atoms with Gasteiger partial charge in [0.15, 0.2) is 6.61 Å². The average Bonchev–Trinajstić information content (AvgIpc) is 3.06. The maximum Gasteiger partial charge on any atom is 0.298 e. The number of ether oxygens (including phenoxy) is 1. The molecule has 7 heteroatoms. The number of hydrogen-bond acceptors (Lipinski definition) is 5. The smallest absolute Gasteiger partial charge is 0.298 e.